The van der Waals surface area contributed by atoms with Crippen molar-refractivity contribution in [3.05, 3.63) is 24.3 Å². The molecule has 0 aliphatic rings. The van der Waals surface area contributed by atoms with Gasteiger partial charge >= 0.3 is 0 Å². The van der Waals surface area contributed by atoms with Crippen LogP contribution >= 0.6 is 0 Å². The van der Waals surface area contributed by atoms with Gasteiger partial charge in [0.05, 0.1) is 18.8 Å². The molecular weight excluding hydrogens is 935 g/mol. The molecular formula is C70H137NO5. The van der Waals surface area contributed by atoms with Gasteiger partial charge in [0.1, 0.15) is 12.2 Å². The SMILES string of the molecule is CCCCCCCCCCC/C=C\C/C=C\CCCCCCCCCCCCCCC(O)C(=O)NC(CO)C(O)C(O)CCCCCCCCCCCCCCCCCCCCCCCCCCCCCCCCCC. The highest BCUT2D eigenvalue weighted by molar-refractivity contribution is 5.80. The van der Waals surface area contributed by atoms with Crippen molar-refractivity contribution in [2.24, 2.45) is 0 Å². The fourth-order valence-corrected chi connectivity index (χ4v) is 11.3. The van der Waals surface area contributed by atoms with Gasteiger partial charge in [-0.3, -0.25) is 4.79 Å². The summed E-state index contributed by atoms with van der Waals surface area (Å²) in [6.07, 6.45) is 81.5. The first kappa shape index (κ1) is 74.8. The molecule has 5 N–H and O–H groups in total. The molecule has 0 aromatic carbocycles. The molecule has 6 heteroatoms. The fourth-order valence-electron chi connectivity index (χ4n) is 11.3. The summed E-state index contributed by atoms with van der Waals surface area (Å²) in [7, 11) is 0. The van der Waals surface area contributed by atoms with Crippen LogP contribution in [0, 0.1) is 0 Å². The van der Waals surface area contributed by atoms with Crippen molar-refractivity contribution < 1.29 is 25.2 Å². The molecule has 0 fully saturated rings. The van der Waals surface area contributed by atoms with Gasteiger partial charge < -0.3 is 25.7 Å². The van der Waals surface area contributed by atoms with Crippen molar-refractivity contribution in [1.29, 1.82) is 0 Å². The molecule has 0 saturated heterocycles. The van der Waals surface area contributed by atoms with Crippen molar-refractivity contribution in [2.45, 2.75) is 411 Å². The highest BCUT2D eigenvalue weighted by atomic mass is 16.3. The molecule has 452 valence electrons. The molecule has 4 atom stereocenters. The second-order valence-corrected chi connectivity index (χ2v) is 24.2. The van der Waals surface area contributed by atoms with Crippen LogP contribution in [0.3, 0.4) is 0 Å². The molecule has 0 aromatic heterocycles. The predicted octanol–water partition coefficient (Wildman–Crippen LogP) is 21.3. The number of aliphatic hydroxyl groups excluding tert-OH is 4. The standard InChI is InChI=1S/C70H137NO5/c1-3-5-7-9-11-13-15-17-19-21-23-25-27-29-31-33-34-35-36-38-39-41-43-45-47-49-51-53-55-57-59-61-63-67(73)69(75)66(65-72)71-70(76)68(74)64-62-60-58-56-54-52-50-48-46-44-42-40-37-32-30-28-26-24-22-20-18-16-14-12-10-8-6-4-2/h24,26,30,32,66-69,72-75H,3-23,25,27-29,31,33-65H2,1-2H3,(H,71,76)/b26-24-,32-30-. The van der Waals surface area contributed by atoms with Gasteiger partial charge in [0, 0.05) is 0 Å². The van der Waals surface area contributed by atoms with Crippen LogP contribution < -0.4 is 5.32 Å². The van der Waals surface area contributed by atoms with Crippen molar-refractivity contribution in [2.75, 3.05) is 6.61 Å². The molecule has 0 aliphatic carbocycles. The molecule has 0 rings (SSSR count). The highest BCUT2D eigenvalue weighted by Crippen LogP contribution is 2.20. The molecule has 1 amide bonds. The Hall–Kier alpha value is -1.21. The maximum absolute atomic E-state index is 12.7. The first-order valence-electron chi connectivity index (χ1n) is 34.7. The summed E-state index contributed by atoms with van der Waals surface area (Å²) in [5, 5.41) is 44.3. The Morgan fingerprint density at radius 2 is 0.566 bits per heavy atom. The van der Waals surface area contributed by atoms with E-state index >= 15 is 0 Å². The Labute approximate surface area is 475 Å². The van der Waals surface area contributed by atoms with E-state index in [0.717, 1.165) is 44.9 Å². The van der Waals surface area contributed by atoms with Crippen molar-refractivity contribution in [1.82, 2.24) is 5.32 Å². The predicted molar refractivity (Wildman–Crippen MR) is 334 cm³/mol. The molecule has 0 saturated carbocycles. The second-order valence-electron chi connectivity index (χ2n) is 24.2. The van der Waals surface area contributed by atoms with Crippen molar-refractivity contribution >= 4 is 5.91 Å². The summed E-state index contributed by atoms with van der Waals surface area (Å²) in [6, 6.07) is -0.987. The van der Waals surface area contributed by atoms with Crippen LogP contribution in [0.5, 0.6) is 0 Å². The molecule has 0 spiro atoms. The third-order valence-corrected chi connectivity index (χ3v) is 16.7. The Balaban J connectivity index is 3.54. The van der Waals surface area contributed by atoms with Crippen molar-refractivity contribution in [3.63, 3.8) is 0 Å². The topological polar surface area (TPSA) is 110 Å². The van der Waals surface area contributed by atoms with Gasteiger partial charge in [-0.2, -0.15) is 0 Å². The van der Waals surface area contributed by atoms with Gasteiger partial charge in [0.25, 0.3) is 0 Å². The lowest BCUT2D eigenvalue weighted by atomic mass is 9.99. The third kappa shape index (κ3) is 57.5. The maximum atomic E-state index is 12.7. The number of hydrogen-bond acceptors (Lipinski definition) is 5. The van der Waals surface area contributed by atoms with E-state index in [1.54, 1.807) is 0 Å². The number of hydrogen-bond donors (Lipinski definition) is 5. The van der Waals surface area contributed by atoms with Crippen LogP contribution in [0.1, 0.15) is 386 Å². The number of unbranched alkanes of at least 4 members (excludes halogenated alkanes) is 52. The van der Waals surface area contributed by atoms with E-state index in [1.165, 1.54) is 315 Å². The normalized spacial score (nSPS) is 13.6. The summed E-state index contributed by atoms with van der Waals surface area (Å²) < 4.78 is 0. The zero-order chi connectivity index (χ0) is 55.1. The van der Waals surface area contributed by atoms with E-state index in [1.807, 2.05) is 0 Å². The molecule has 0 aliphatic heterocycles. The van der Waals surface area contributed by atoms with Gasteiger partial charge in [-0.25, -0.2) is 0 Å². The van der Waals surface area contributed by atoms with Crippen LogP contribution in [-0.2, 0) is 4.79 Å². The van der Waals surface area contributed by atoms with Crippen LogP contribution in [-0.4, -0.2) is 57.3 Å². The summed E-state index contributed by atoms with van der Waals surface area (Å²) in [5.74, 6) is -0.578. The lowest BCUT2D eigenvalue weighted by molar-refractivity contribution is -0.132. The van der Waals surface area contributed by atoms with E-state index in [2.05, 4.69) is 43.5 Å². The molecule has 4 unspecified atom stereocenters. The van der Waals surface area contributed by atoms with Gasteiger partial charge in [0.15, 0.2) is 0 Å². The molecule has 0 aromatic rings. The van der Waals surface area contributed by atoms with E-state index in [0.29, 0.717) is 12.8 Å². The zero-order valence-corrected chi connectivity index (χ0v) is 51.5. The number of carbonyl (C=O) groups is 1. The van der Waals surface area contributed by atoms with Gasteiger partial charge in [-0.15, -0.1) is 0 Å². The third-order valence-electron chi connectivity index (χ3n) is 16.7. The molecule has 0 heterocycles. The van der Waals surface area contributed by atoms with Crippen molar-refractivity contribution in [3.8, 4) is 0 Å². The van der Waals surface area contributed by atoms with Crippen LogP contribution in [0.15, 0.2) is 24.3 Å². The number of aliphatic hydroxyl groups is 4. The number of amides is 1. The van der Waals surface area contributed by atoms with Crippen LogP contribution in [0.2, 0.25) is 0 Å². The lowest BCUT2D eigenvalue weighted by Crippen LogP contribution is -2.53. The average Bonchev–Trinajstić information content (AvgIpc) is 3.42. The summed E-state index contributed by atoms with van der Waals surface area (Å²) in [4.78, 5) is 12.7. The Bertz CT molecular complexity index is 1160. The smallest absolute Gasteiger partial charge is 0.249 e. The number of rotatable bonds is 65. The quantitative estimate of drug-likeness (QED) is 0.0308. The molecule has 0 bridgehead atoms. The first-order valence-corrected chi connectivity index (χ1v) is 34.7. The molecule has 0 radical (unpaired) electrons. The summed E-state index contributed by atoms with van der Waals surface area (Å²) in [5.41, 5.74) is 0. The van der Waals surface area contributed by atoms with E-state index in [-0.39, 0.29) is 0 Å². The van der Waals surface area contributed by atoms with E-state index < -0.39 is 36.9 Å². The summed E-state index contributed by atoms with van der Waals surface area (Å²) in [6.45, 7) is 4.11. The largest absolute Gasteiger partial charge is 0.394 e. The number of allylic oxidation sites excluding steroid dienone is 4. The minimum absolute atomic E-state index is 0.370. The fraction of sp³-hybridized carbons (Fsp3) is 0.929. The first-order chi connectivity index (χ1) is 37.5. The van der Waals surface area contributed by atoms with E-state index in [9.17, 15) is 25.2 Å². The lowest BCUT2D eigenvalue weighted by Gasteiger charge is -2.27. The number of nitrogens with one attached hydrogen (secondary N) is 1. The van der Waals surface area contributed by atoms with Crippen LogP contribution in [0.4, 0.5) is 0 Å². The number of carbonyl (C=O) groups excluding carboxylic acids is 1. The molecule has 76 heavy (non-hydrogen) atoms. The minimum atomic E-state index is -1.26. The Morgan fingerprint density at radius 3 is 0.829 bits per heavy atom. The van der Waals surface area contributed by atoms with Gasteiger partial charge in [-0.05, 0) is 44.9 Å². The monoisotopic (exact) mass is 1070 g/mol. The average molecular weight is 1070 g/mol. The van der Waals surface area contributed by atoms with Gasteiger partial charge in [0.2, 0.25) is 5.91 Å². The Kier molecular flexibility index (Phi) is 63.6. The van der Waals surface area contributed by atoms with Gasteiger partial charge in [-0.1, -0.05) is 366 Å². The Morgan fingerprint density at radius 1 is 0.329 bits per heavy atom. The zero-order valence-electron chi connectivity index (χ0n) is 51.5. The van der Waals surface area contributed by atoms with E-state index in [4.69, 9.17) is 0 Å². The molecule has 6 nitrogen and oxygen atoms in total. The van der Waals surface area contributed by atoms with Crippen LogP contribution in [0.25, 0.3) is 0 Å². The highest BCUT2D eigenvalue weighted by Gasteiger charge is 2.28. The minimum Gasteiger partial charge on any atom is -0.394 e. The summed E-state index contributed by atoms with van der Waals surface area (Å²) >= 11 is 0. The second kappa shape index (κ2) is 64.6. The maximum Gasteiger partial charge on any atom is 0.249 e.